The molecule has 0 spiro atoms. The standard InChI is InChI=1S/C24H33N3O2/c1-2-5-20(6-3-1)10-14-28-18-21-8-12-27(13-9-21)23-15-24(17-25-16-23)29-19-22-7-4-11-26-22/h1-3,5-6,15-17,21-22,26H,4,7-14,18-19H2. The lowest BCUT2D eigenvalue weighted by Crippen LogP contribution is -2.35. The van der Waals surface area contributed by atoms with E-state index in [1.807, 2.05) is 12.4 Å². The van der Waals surface area contributed by atoms with Gasteiger partial charge in [0.25, 0.3) is 0 Å². The number of nitrogens with one attached hydrogen (secondary N) is 1. The molecule has 3 heterocycles. The highest BCUT2D eigenvalue weighted by atomic mass is 16.5. The number of ether oxygens (including phenoxy) is 2. The van der Waals surface area contributed by atoms with Crippen LogP contribution in [0.15, 0.2) is 48.8 Å². The van der Waals surface area contributed by atoms with Crippen molar-refractivity contribution in [1.29, 1.82) is 0 Å². The molecule has 0 saturated carbocycles. The first-order chi connectivity index (χ1) is 14.4. The summed E-state index contributed by atoms with van der Waals surface area (Å²) in [6.45, 7) is 5.63. The molecule has 0 aliphatic carbocycles. The Kier molecular flexibility index (Phi) is 7.38. The lowest BCUT2D eigenvalue weighted by atomic mass is 9.97. The normalized spacial score (nSPS) is 20.1. The zero-order valence-corrected chi connectivity index (χ0v) is 17.3. The first kappa shape index (κ1) is 20.2. The fourth-order valence-electron chi connectivity index (χ4n) is 4.20. The Morgan fingerprint density at radius 3 is 2.69 bits per heavy atom. The van der Waals surface area contributed by atoms with Gasteiger partial charge in [0.2, 0.25) is 0 Å². The van der Waals surface area contributed by atoms with Crippen LogP contribution in [0.1, 0.15) is 31.2 Å². The summed E-state index contributed by atoms with van der Waals surface area (Å²) in [5, 5.41) is 3.47. The Bertz CT molecular complexity index is 726. The van der Waals surface area contributed by atoms with Crippen LogP contribution in [-0.4, -0.2) is 50.5 Å². The largest absolute Gasteiger partial charge is 0.490 e. The van der Waals surface area contributed by atoms with Crippen LogP contribution in [0.4, 0.5) is 5.69 Å². The summed E-state index contributed by atoms with van der Waals surface area (Å²) in [4.78, 5) is 6.83. The van der Waals surface area contributed by atoms with E-state index in [-0.39, 0.29) is 0 Å². The lowest BCUT2D eigenvalue weighted by molar-refractivity contribution is 0.0926. The molecule has 4 rings (SSSR count). The number of hydrogen-bond acceptors (Lipinski definition) is 5. The van der Waals surface area contributed by atoms with E-state index in [4.69, 9.17) is 9.47 Å². The fourth-order valence-corrected chi connectivity index (χ4v) is 4.20. The maximum Gasteiger partial charge on any atom is 0.139 e. The summed E-state index contributed by atoms with van der Waals surface area (Å²) in [6, 6.07) is 13.2. The van der Waals surface area contributed by atoms with Gasteiger partial charge in [-0.2, -0.15) is 0 Å². The van der Waals surface area contributed by atoms with Crippen LogP contribution in [0.2, 0.25) is 0 Å². The molecule has 2 fully saturated rings. The number of hydrogen-bond donors (Lipinski definition) is 1. The second-order valence-electron chi connectivity index (χ2n) is 8.22. The van der Waals surface area contributed by atoms with Gasteiger partial charge in [-0.3, -0.25) is 4.98 Å². The number of anilines is 1. The Balaban J connectivity index is 1.16. The van der Waals surface area contributed by atoms with Crippen molar-refractivity contribution in [2.45, 2.75) is 38.1 Å². The van der Waals surface area contributed by atoms with Crippen molar-refractivity contribution < 1.29 is 9.47 Å². The van der Waals surface area contributed by atoms with Gasteiger partial charge in [-0.15, -0.1) is 0 Å². The number of benzene rings is 1. The summed E-state index contributed by atoms with van der Waals surface area (Å²) >= 11 is 0. The number of piperidine rings is 1. The van der Waals surface area contributed by atoms with Crippen LogP contribution in [0.25, 0.3) is 0 Å². The smallest absolute Gasteiger partial charge is 0.139 e. The molecule has 0 bridgehead atoms. The van der Waals surface area contributed by atoms with Crippen molar-refractivity contribution in [3.8, 4) is 5.75 Å². The average molecular weight is 396 g/mol. The van der Waals surface area contributed by atoms with E-state index in [0.717, 1.165) is 51.6 Å². The Labute approximate surface area is 174 Å². The maximum atomic E-state index is 5.97. The molecular formula is C24H33N3O2. The van der Waals surface area contributed by atoms with Crippen LogP contribution in [0.3, 0.4) is 0 Å². The zero-order valence-electron chi connectivity index (χ0n) is 17.3. The van der Waals surface area contributed by atoms with Crippen molar-refractivity contribution in [2.75, 3.05) is 44.4 Å². The molecule has 1 atom stereocenters. The highest BCUT2D eigenvalue weighted by Crippen LogP contribution is 2.26. The van der Waals surface area contributed by atoms with Crippen LogP contribution < -0.4 is 15.0 Å². The van der Waals surface area contributed by atoms with E-state index < -0.39 is 0 Å². The molecule has 1 aromatic carbocycles. The van der Waals surface area contributed by atoms with E-state index in [1.165, 1.54) is 36.9 Å². The van der Waals surface area contributed by atoms with Crippen LogP contribution >= 0.6 is 0 Å². The molecule has 1 aromatic heterocycles. The molecule has 0 radical (unpaired) electrons. The summed E-state index contributed by atoms with van der Waals surface area (Å²) in [5.74, 6) is 1.53. The second-order valence-corrected chi connectivity index (χ2v) is 8.22. The number of pyridine rings is 1. The second kappa shape index (κ2) is 10.6. The Hall–Kier alpha value is -2.11. The average Bonchev–Trinajstić information content (AvgIpc) is 3.30. The lowest BCUT2D eigenvalue weighted by Gasteiger charge is -2.33. The van der Waals surface area contributed by atoms with Crippen molar-refractivity contribution in [3.05, 3.63) is 54.4 Å². The van der Waals surface area contributed by atoms with Gasteiger partial charge in [0.1, 0.15) is 12.4 Å². The van der Waals surface area contributed by atoms with Gasteiger partial charge >= 0.3 is 0 Å². The molecule has 5 heteroatoms. The predicted octanol–water partition coefficient (Wildman–Crippen LogP) is 3.69. The van der Waals surface area contributed by atoms with Crippen molar-refractivity contribution >= 4 is 5.69 Å². The highest BCUT2D eigenvalue weighted by Gasteiger charge is 2.20. The molecule has 2 aliphatic rings. The van der Waals surface area contributed by atoms with E-state index >= 15 is 0 Å². The van der Waals surface area contributed by atoms with Gasteiger partial charge in [0.05, 0.1) is 24.7 Å². The van der Waals surface area contributed by atoms with E-state index in [0.29, 0.717) is 12.0 Å². The number of rotatable bonds is 9. The minimum Gasteiger partial charge on any atom is -0.490 e. The van der Waals surface area contributed by atoms with Gasteiger partial charge in [-0.25, -0.2) is 0 Å². The van der Waals surface area contributed by atoms with Gasteiger partial charge in [0.15, 0.2) is 0 Å². The molecule has 29 heavy (non-hydrogen) atoms. The molecule has 1 unspecified atom stereocenters. The number of aromatic nitrogens is 1. The third kappa shape index (κ3) is 6.18. The van der Waals surface area contributed by atoms with Gasteiger partial charge in [-0.1, -0.05) is 30.3 Å². The van der Waals surface area contributed by atoms with E-state index in [2.05, 4.69) is 51.6 Å². The fraction of sp³-hybridized carbons (Fsp3) is 0.542. The van der Waals surface area contributed by atoms with E-state index in [9.17, 15) is 0 Å². The van der Waals surface area contributed by atoms with Crippen LogP contribution in [0, 0.1) is 5.92 Å². The maximum absolute atomic E-state index is 5.97. The Morgan fingerprint density at radius 1 is 1.03 bits per heavy atom. The first-order valence-corrected chi connectivity index (χ1v) is 11.0. The van der Waals surface area contributed by atoms with Gasteiger partial charge in [-0.05, 0) is 50.1 Å². The molecule has 2 saturated heterocycles. The van der Waals surface area contributed by atoms with Crippen molar-refractivity contribution in [1.82, 2.24) is 10.3 Å². The SMILES string of the molecule is c1ccc(CCOCC2CCN(c3cncc(OCC4CCCN4)c3)CC2)cc1. The zero-order chi connectivity index (χ0) is 19.7. The highest BCUT2D eigenvalue weighted by molar-refractivity contribution is 5.48. The summed E-state index contributed by atoms with van der Waals surface area (Å²) in [7, 11) is 0. The van der Waals surface area contributed by atoms with E-state index in [1.54, 1.807) is 0 Å². The quantitative estimate of drug-likeness (QED) is 0.656. The summed E-state index contributed by atoms with van der Waals surface area (Å²) < 4.78 is 11.9. The summed E-state index contributed by atoms with van der Waals surface area (Å²) in [6.07, 6.45) is 9.56. The monoisotopic (exact) mass is 395 g/mol. The van der Waals surface area contributed by atoms with Crippen LogP contribution in [0.5, 0.6) is 5.75 Å². The molecule has 1 N–H and O–H groups in total. The van der Waals surface area contributed by atoms with Crippen molar-refractivity contribution in [3.63, 3.8) is 0 Å². The predicted molar refractivity (Wildman–Crippen MR) is 117 cm³/mol. The molecule has 5 nitrogen and oxygen atoms in total. The minimum atomic E-state index is 0.483. The van der Waals surface area contributed by atoms with Crippen LogP contribution in [-0.2, 0) is 11.2 Å². The molecule has 2 aliphatic heterocycles. The molecule has 156 valence electrons. The third-order valence-electron chi connectivity index (χ3n) is 6.02. The first-order valence-electron chi connectivity index (χ1n) is 11.0. The number of nitrogens with zero attached hydrogens (tertiary/aromatic N) is 2. The third-order valence-corrected chi connectivity index (χ3v) is 6.02. The van der Waals surface area contributed by atoms with Gasteiger partial charge in [0, 0.05) is 31.8 Å². The van der Waals surface area contributed by atoms with Gasteiger partial charge < -0.3 is 19.7 Å². The van der Waals surface area contributed by atoms with Crippen molar-refractivity contribution in [2.24, 2.45) is 5.92 Å². The topological polar surface area (TPSA) is 46.6 Å². The molecule has 0 amide bonds. The Morgan fingerprint density at radius 2 is 1.90 bits per heavy atom. The minimum absolute atomic E-state index is 0.483. The summed E-state index contributed by atoms with van der Waals surface area (Å²) in [5.41, 5.74) is 2.52. The molecule has 2 aromatic rings. The molecular weight excluding hydrogens is 362 g/mol.